The molecule has 2 aromatic heterocycles. The predicted octanol–water partition coefficient (Wildman–Crippen LogP) is 4.95. The first-order valence-electron chi connectivity index (χ1n) is 7.08. The minimum absolute atomic E-state index is 0.478. The Kier molecular flexibility index (Phi) is 3.24. The number of fused-ring (bicyclic) bond motifs is 2. The van der Waals surface area contributed by atoms with Crippen LogP contribution >= 0.6 is 11.3 Å². The summed E-state index contributed by atoms with van der Waals surface area (Å²) in [6.45, 7) is 0. The van der Waals surface area contributed by atoms with Gasteiger partial charge in [0, 0.05) is 7.05 Å². The molecule has 8 heteroatoms. The zero-order chi connectivity index (χ0) is 16.9. The quantitative estimate of drug-likeness (QED) is 0.558. The van der Waals surface area contributed by atoms with Crippen LogP contribution in [0.3, 0.4) is 0 Å². The Bertz CT molecular complexity index is 1050. The lowest BCUT2D eigenvalue weighted by atomic mass is 10.2. The fourth-order valence-corrected chi connectivity index (χ4v) is 3.41. The van der Waals surface area contributed by atoms with E-state index in [0.717, 1.165) is 23.2 Å². The third-order valence-corrected chi connectivity index (χ3v) is 4.66. The smallest absolute Gasteiger partial charge is 0.313 e. The average molecular weight is 348 g/mol. The van der Waals surface area contributed by atoms with Gasteiger partial charge in [-0.15, -0.1) is 0 Å². The molecule has 0 spiro atoms. The maximum atomic E-state index is 12.8. The first kappa shape index (κ1) is 14.9. The Morgan fingerprint density at radius 2 is 1.83 bits per heavy atom. The summed E-state index contributed by atoms with van der Waals surface area (Å²) in [6.07, 6.45) is -4.36. The van der Waals surface area contributed by atoms with E-state index in [-0.39, 0.29) is 0 Å². The van der Waals surface area contributed by atoms with E-state index >= 15 is 0 Å². The highest BCUT2D eigenvalue weighted by Gasteiger charge is 2.30. The molecule has 0 fully saturated rings. The van der Waals surface area contributed by atoms with Crippen molar-refractivity contribution in [2.75, 3.05) is 5.32 Å². The van der Waals surface area contributed by atoms with Gasteiger partial charge in [0.25, 0.3) is 0 Å². The van der Waals surface area contributed by atoms with Gasteiger partial charge in [-0.1, -0.05) is 23.5 Å². The molecular formula is C16H11F3N4S. The second kappa shape index (κ2) is 5.20. The molecule has 0 aliphatic rings. The van der Waals surface area contributed by atoms with Gasteiger partial charge in [0.15, 0.2) is 5.13 Å². The number of rotatable bonds is 2. The molecule has 1 N–H and O–H groups in total. The van der Waals surface area contributed by atoms with Gasteiger partial charge in [-0.25, -0.2) is 9.97 Å². The van der Waals surface area contributed by atoms with E-state index in [1.165, 1.54) is 17.4 Å². The van der Waals surface area contributed by atoms with Gasteiger partial charge in [-0.2, -0.15) is 13.2 Å². The zero-order valence-corrected chi connectivity index (χ0v) is 13.2. The highest BCUT2D eigenvalue weighted by Crippen LogP contribution is 2.35. The summed E-state index contributed by atoms with van der Waals surface area (Å²) in [5.41, 5.74) is 1.64. The van der Waals surface area contributed by atoms with Crippen LogP contribution in [0.5, 0.6) is 0 Å². The van der Waals surface area contributed by atoms with Gasteiger partial charge in [-0.3, -0.25) is 0 Å². The number of aryl methyl sites for hydroxylation is 1. The summed E-state index contributed by atoms with van der Waals surface area (Å²) < 4.78 is 40.7. The topological polar surface area (TPSA) is 42.7 Å². The molecule has 0 saturated heterocycles. The lowest BCUT2D eigenvalue weighted by Crippen LogP contribution is -2.03. The molecule has 4 nitrogen and oxygen atoms in total. The molecule has 0 aliphatic carbocycles. The van der Waals surface area contributed by atoms with Gasteiger partial charge in [0.05, 0.1) is 26.8 Å². The molecule has 4 aromatic rings. The van der Waals surface area contributed by atoms with Crippen LogP contribution in [0.2, 0.25) is 0 Å². The summed E-state index contributed by atoms with van der Waals surface area (Å²) in [4.78, 5) is 8.80. The first-order chi connectivity index (χ1) is 11.4. The van der Waals surface area contributed by atoms with Crippen molar-refractivity contribution >= 4 is 43.7 Å². The maximum Gasteiger partial charge on any atom is 0.416 e. The molecule has 0 saturated carbocycles. The van der Waals surface area contributed by atoms with Crippen LogP contribution < -0.4 is 5.32 Å². The molecule has 122 valence electrons. The predicted molar refractivity (Wildman–Crippen MR) is 88.6 cm³/mol. The molecule has 0 unspecified atom stereocenters. The molecule has 2 heterocycles. The number of aromatic nitrogens is 3. The first-order valence-corrected chi connectivity index (χ1v) is 7.90. The number of hydrogen-bond donors (Lipinski definition) is 1. The second-order valence-corrected chi connectivity index (χ2v) is 6.34. The number of para-hydroxylation sites is 2. The fourth-order valence-electron chi connectivity index (χ4n) is 2.51. The summed E-state index contributed by atoms with van der Waals surface area (Å²) in [5.74, 6) is 0.589. The molecule has 0 aliphatic heterocycles. The highest BCUT2D eigenvalue weighted by molar-refractivity contribution is 7.22. The van der Waals surface area contributed by atoms with Gasteiger partial charge >= 0.3 is 6.18 Å². The molecule has 0 radical (unpaired) electrons. The van der Waals surface area contributed by atoms with E-state index in [9.17, 15) is 13.2 Å². The van der Waals surface area contributed by atoms with Crippen molar-refractivity contribution in [1.29, 1.82) is 0 Å². The minimum Gasteiger partial charge on any atom is -0.313 e. The van der Waals surface area contributed by atoms with Gasteiger partial charge in [0.1, 0.15) is 0 Å². The van der Waals surface area contributed by atoms with Crippen molar-refractivity contribution in [2.45, 2.75) is 6.18 Å². The number of imidazole rings is 1. The van der Waals surface area contributed by atoms with Crippen LogP contribution in [0.4, 0.5) is 24.3 Å². The van der Waals surface area contributed by atoms with E-state index in [1.807, 2.05) is 35.9 Å². The van der Waals surface area contributed by atoms with Crippen molar-refractivity contribution in [1.82, 2.24) is 14.5 Å². The Morgan fingerprint density at radius 3 is 2.58 bits per heavy atom. The number of nitrogens with one attached hydrogen (secondary N) is 1. The molecule has 0 bridgehead atoms. The van der Waals surface area contributed by atoms with Crippen molar-refractivity contribution in [3.63, 3.8) is 0 Å². The van der Waals surface area contributed by atoms with Crippen molar-refractivity contribution < 1.29 is 13.2 Å². The van der Waals surface area contributed by atoms with Crippen LogP contribution in [0.25, 0.3) is 21.3 Å². The lowest BCUT2D eigenvalue weighted by molar-refractivity contribution is -0.137. The molecule has 2 aromatic carbocycles. The number of thiazole rings is 1. The monoisotopic (exact) mass is 348 g/mol. The molecule has 0 amide bonds. The van der Waals surface area contributed by atoms with E-state index in [0.29, 0.717) is 21.3 Å². The summed E-state index contributed by atoms with van der Waals surface area (Å²) in [7, 11) is 1.87. The zero-order valence-electron chi connectivity index (χ0n) is 12.4. The second-order valence-electron chi connectivity index (χ2n) is 5.31. The Labute approximate surface area is 138 Å². The Hall–Kier alpha value is -2.61. The molecule has 4 rings (SSSR count). The lowest BCUT2D eigenvalue weighted by Gasteiger charge is -2.04. The molecular weight excluding hydrogens is 337 g/mol. The van der Waals surface area contributed by atoms with E-state index in [4.69, 9.17) is 0 Å². The summed E-state index contributed by atoms with van der Waals surface area (Å²) in [5, 5.41) is 3.59. The van der Waals surface area contributed by atoms with Gasteiger partial charge in [0.2, 0.25) is 5.95 Å². The van der Waals surface area contributed by atoms with Crippen LogP contribution in [-0.4, -0.2) is 14.5 Å². The van der Waals surface area contributed by atoms with Crippen molar-refractivity contribution in [2.24, 2.45) is 7.05 Å². The maximum absolute atomic E-state index is 12.8. The third kappa shape index (κ3) is 2.48. The number of halogens is 3. The van der Waals surface area contributed by atoms with Crippen LogP contribution in [0.1, 0.15) is 5.56 Å². The number of benzene rings is 2. The molecule has 0 atom stereocenters. The number of hydrogen-bond acceptors (Lipinski definition) is 4. The SMILES string of the molecule is Cn1c(Nc2nc3ccc(C(F)(F)F)cc3s2)nc2ccccc21. The standard InChI is InChI=1S/C16H11F3N4S/c1-23-12-5-3-2-4-10(12)20-14(23)22-15-21-11-7-6-9(16(17,18)19)8-13(11)24-15/h2-8H,1H3,(H,20,21,22). The van der Waals surface area contributed by atoms with Crippen molar-refractivity contribution in [3.05, 3.63) is 48.0 Å². The van der Waals surface area contributed by atoms with Crippen LogP contribution in [0.15, 0.2) is 42.5 Å². The Balaban J connectivity index is 1.72. The largest absolute Gasteiger partial charge is 0.416 e. The van der Waals surface area contributed by atoms with Crippen LogP contribution in [0, 0.1) is 0 Å². The third-order valence-electron chi connectivity index (χ3n) is 3.72. The number of nitrogens with zero attached hydrogens (tertiary/aromatic N) is 3. The van der Waals surface area contributed by atoms with Gasteiger partial charge in [-0.05, 0) is 30.3 Å². The van der Waals surface area contributed by atoms with E-state index < -0.39 is 11.7 Å². The average Bonchev–Trinajstić information content (AvgIpc) is 3.07. The van der Waals surface area contributed by atoms with Gasteiger partial charge < -0.3 is 9.88 Å². The fraction of sp³-hybridized carbons (Fsp3) is 0.125. The summed E-state index contributed by atoms with van der Waals surface area (Å²) >= 11 is 1.17. The van der Waals surface area contributed by atoms with Crippen LogP contribution in [-0.2, 0) is 13.2 Å². The van der Waals surface area contributed by atoms with Crippen molar-refractivity contribution in [3.8, 4) is 0 Å². The minimum atomic E-state index is -4.36. The highest BCUT2D eigenvalue weighted by atomic mass is 32.1. The number of anilines is 2. The Morgan fingerprint density at radius 1 is 1.04 bits per heavy atom. The summed E-state index contributed by atoms with van der Waals surface area (Å²) in [6, 6.07) is 11.2. The molecule has 24 heavy (non-hydrogen) atoms. The van der Waals surface area contributed by atoms with E-state index in [1.54, 1.807) is 0 Å². The van der Waals surface area contributed by atoms with E-state index in [2.05, 4.69) is 15.3 Å². The number of alkyl halides is 3. The normalized spacial score (nSPS) is 12.2.